The van der Waals surface area contributed by atoms with Crippen LogP contribution >= 0.6 is 0 Å². The second-order valence-electron chi connectivity index (χ2n) is 9.27. The van der Waals surface area contributed by atoms with Crippen molar-refractivity contribution in [2.45, 2.75) is 50.3 Å². The summed E-state index contributed by atoms with van der Waals surface area (Å²) in [6.07, 6.45) is -2.13. The fourth-order valence-electron chi connectivity index (χ4n) is 5.10. The van der Waals surface area contributed by atoms with E-state index < -0.39 is 18.3 Å². The highest BCUT2D eigenvalue weighted by Crippen LogP contribution is 2.39. The number of benzene rings is 3. The third kappa shape index (κ3) is 5.64. The highest BCUT2D eigenvalue weighted by molar-refractivity contribution is 5.16. The Morgan fingerprint density at radius 2 is 1.11 bits per heavy atom. The Bertz CT molecular complexity index is 1030. The lowest BCUT2D eigenvalue weighted by Crippen LogP contribution is -2.64. The van der Waals surface area contributed by atoms with Crippen molar-refractivity contribution < 1.29 is 24.2 Å². The second kappa shape index (κ2) is 11.4. The molecule has 6 nitrogen and oxygen atoms in total. The van der Waals surface area contributed by atoms with E-state index in [1.54, 1.807) is 0 Å². The van der Waals surface area contributed by atoms with Crippen LogP contribution in [-0.4, -0.2) is 54.3 Å². The Balaban J connectivity index is 1.41. The lowest BCUT2D eigenvalue weighted by molar-refractivity contribution is -0.237. The van der Waals surface area contributed by atoms with Gasteiger partial charge >= 0.3 is 0 Å². The largest absolute Gasteiger partial charge is 0.390 e. The Kier molecular flexibility index (Phi) is 7.88. The molecule has 1 saturated heterocycles. The molecule has 6 heteroatoms. The van der Waals surface area contributed by atoms with Crippen molar-refractivity contribution in [1.82, 2.24) is 5.06 Å². The minimum absolute atomic E-state index is 0.141. The molecule has 5 rings (SSSR count). The Morgan fingerprint density at radius 3 is 1.60 bits per heavy atom. The van der Waals surface area contributed by atoms with Crippen molar-refractivity contribution in [3.05, 3.63) is 108 Å². The number of hydrogen-bond acceptors (Lipinski definition) is 6. The van der Waals surface area contributed by atoms with Gasteiger partial charge < -0.3 is 19.3 Å². The van der Waals surface area contributed by atoms with Gasteiger partial charge in [0.25, 0.3) is 0 Å². The van der Waals surface area contributed by atoms with Crippen molar-refractivity contribution in [2.24, 2.45) is 5.92 Å². The summed E-state index contributed by atoms with van der Waals surface area (Å²) in [4.78, 5) is 5.86. The summed E-state index contributed by atoms with van der Waals surface area (Å²) in [6, 6.07) is 30.0. The summed E-state index contributed by atoms with van der Waals surface area (Å²) in [7, 11) is 1.90. The van der Waals surface area contributed by atoms with E-state index in [9.17, 15) is 5.11 Å². The first-order valence-electron chi connectivity index (χ1n) is 12.2. The number of hydrogen-bond donors (Lipinski definition) is 1. The molecule has 0 bridgehead atoms. The number of nitrogens with zero attached hydrogens (tertiary/aromatic N) is 1. The van der Waals surface area contributed by atoms with Gasteiger partial charge in [-0.25, -0.2) is 0 Å². The number of ether oxygens (including phenoxy) is 3. The van der Waals surface area contributed by atoms with Crippen molar-refractivity contribution in [3.8, 4) is 0 Å². The molecule has 1 aliphatic carbocycles. The molecule has 0 radical (unpaired) electrons. The van der Waals surface area contributed by atoms with Gasteiger partial charge in [0.15, 0.2) is 0 Å². The van der Waals surface area contributed by atoms with E-state index in [-0.39, 0.29) is 18.1 Å². The third-order valence-electron chi connectivity index (χ3n) is 6.94. The normalized spacial score (nSPS) is 28.6. The minimum Gasteiger partial charge on any atom is -0.390 e. The Labute approximate surface area is 207 Å². The molecule has 3 aromatic carbocycles. The van der Waals surface area contributed by atoms with E-state index in [0.29, 0.717) is 26.4 Å². The number of aliphatic hydroxyl groups is 1. The third-order valence-corrected chi connectivity index (χ3v) is 6.94. The quantitative estimate of drug-likeness (QED) is 0.505. The summed E-state index contributed by atoms with van der Waals surface area (Å²) < 4.78 is 19.4. The fraction of sp³-hybridized carbons (Fsp3) is 0.379. The molecule has 1 aliphatic heterocycles. The van der Waals surface area contributed by atoms with Gasteiger partial charge in [-0.3, -0.25) is 4.84 Å². The van der Waals surface area contributed by atoms with Crippen molar-refractivity contribution in [3.63, 3.8) is 0 Å². The zero-order valence-corrected chi connectivity index (χ0v) is 20.0. The Hall–Kier alpha value is -2.58. The van der Waals surface area contributed by atoms with Gasteiger partial charge in [-0.05, 0) is 16.7 Å². The Morgan fingerprint density at radius 1 is 0.686 bits per heavy atom. The van der Waals surface area contributed by atoms with Crippen LogP contribution in [0.15, 0.2) is 91.0 Å². The maximum absolute atomic E-state index is 11.4. The van der Waals surface area contributed by atoms with Crippen LogP contribution < -0.4 is 0 Å². The standard InChI is InChI=1S/C29H33NO5/c1-30-25-24(20-35-30)26(31)28(33-18-22-13-7-3-8-14-22)29(34-19-23-15-9-4-10-16-23)27(25)32-17-21-11-5-2-6-12-21/h2-16,24-29,31H,17-20H2,1H3/t24-,25-,26+,27+,28+,29+/m0/s1. The van der Waals surface area contributed by atoms with Crippen LogP contribution in [0.25, 0.3) is 0 Å². The van der Waals surface area contributed by atoms with E-state index in [4.69, 9.17) is 19.0 Å². The summed E-state index contributed by atoms with van der Waals surface area (Å²) in [5.41, 5.74) is 3.19. The van der Waals surface area contributed by atoms with Crippen LogP contribution in [0.5, 0.6) is 0 Å². The van der Waals surface area contributed by atoms with Crippen molar-refractivity contribution in [1.29, 1.82) is 0 Å². The summed E-state index contributed by atoms with van der Waals surface area (Å²) in [5.74, 6) is -0.141. The molecule has 35 heavy (non-hydrogen) atoms. The molecule has 0 unspecified atom stereocenters. The molecule has 6 atom stereocenters. The van der Waals surface area contributed by atoms with Crippen LogP contribution in [0.4, 0.5) is 0 Å². The zero-order valence-electron chi connectivity index (χ0n) is 20.0. The van der Waals surface area contributed by atoms with Gasteiger partial charge in [0, 0.05) is 13.0 Å². The van der Waals surface area contributed by atoms with Crippen LogP contribution in [0.2, 0.25) is 0 Å². The molecule has 184 valence electrons. The molecule has 2 aliphatic rings. The summed E-state index contributed by atoms with van der Waals surface area (Å²) >= 11 is 0. The zero-order chi connectivity index (χ0) is 24.0. The number of likely N-dealkylation sites (N-methyl/N-ethyl adjacent to an activating group) is 1. The van der Waals surface area contributed by atoms with Crippen molar-refractivity contribution >= 4 is 0 Å². The van der Waals surface area contributed by atoms with Gasteiger partial charge in [0.2, 0.25) is 0 Å². The average molecular weight is 476 g/mol. The van der Waals surface area contributed by atoms with Crippen LogP contribution in [0.1, 0.15) is 16.7 Å². The molecule has 0 aromatic heterocycles. The van der Waals surface area contributed by atoms with Gasteiger partial charge in [-0.15, -0.1) is 0 Å². The maximum Gasteiger partial charge on any atom is 0.114 e. The van der Waals surface area contributed by atoms with Crippen LogP contribution in [0, 0.1) is 5.92 Å². The highest BCUT2D eigenvalue weighted by atomic mass is 16.7. The monoisotopic (exact) mass is 475 g/mol. The smallest absolute Gasteiger partial charge is 0.114 e. The molecular formula is C29H33NO5. The number of hydroxylamine groups is 2. The molecule has 0 spiro atoms. The van der Waals surface area contributed by atoms with E-state index >= 15 is 0 Å². The predicted octanol–water partition coefficient (Wildman–Crippen LogP) is 3.98. The van der Waals surface area contributed by atoms with E-state index in [1.165, 1.54) is 0 Å². The lowest BCUT2D eigenvalue weighted by atomic mass is 9.77. The van der Waals surface area contributed by atoms with E-state index in [0.717, 1.165) is 16.7 Å². The number of rotatable bonds is 9. The topological polar surface area (TPSA) is 60.4 Å². The SMILES string of the molecule is CN1OC[C@@H]2[C@@H](O)[C@@H](OCc3ccccc3)[C@H](OCc3ccccc3)[C@H](OCc3ccccc3)[C@H]21. The second-order valence-corrected chi connectivity index (χ2v) is 9.27. The number of fused-ring (bicyclic) bond motifs is 1. The minimum atomic E-state index is -0.744. The summed E-state index contributed by atoms with van der Waals surface area (Å²) in [5, 5.41) is 13.3. The van der Waals surface area contributed by atoms with Gasteiger partial charge in [-0.2, -0.15) is 5.06 Å². The fourth-order valence-corrected chi connectivity index (χ4v) is 5.10. The highest BCUT2D eigenvalue weighted by Gasteiger charge is 2.56. The molecule has 1 saturated carbocycles. The molecule has 1 N–H and O–H groups in total. The van der Waals surface area contributed by atoms with Crippen LogP contribution in [-0.2, 0) is 38.9 Å². The van der Waals surface area contributed by atoms with Crippen molar-refractivity contribution in [2.75, 3.05) is 13.7 Å². The maximum atomic E-state index is 11.4. The lowest BCUT2D eigenvalue weighted by Gasteiger charge is -2.47. The van der Waals surface area contributed by atoms with Crippen LogP contribution in [0.3, 0.4) is 0 Å². The molecule has 0 amide bonds. The predicted molar refractivity (Wildman–Crippen MR) is 132 cm³/mol. The van der Waals surface area contributed by atoms with E-state index in [1.807, 2.05) is 103 Å². The molecule has 3 aromatic rings. The average Bonchev–Trinajstić information content (AvgIpc) is 3.30. The molecule has 1 heterocycles. The molecule has 2 fully saturated rings. The summed E-state index contributed by atoms with van der Waals surface area (Å²) in [6.45, 7) is 1.64. The first kappa shape index (κ1) is 24.1. The number of aliphatic hydroxyl groups excluding tert-OH is 1. The van der Waals surface area contributed by atoms with Gasteiger partial charge in [-0.1, -0.05) is 91.0 Å². The first-order valence-corrected chi connectivity index (χ1v) is 12.2. The van der Waals surface area contributed by atoms with Gasteiger partial charge in [0.05, 0.1) is 38.6 Å². The molecular weight excluding hydrogens is 442 g/mol. The van der Waals surface area contributed by atoms with Gasteiger partial charge in [0.1, 0.15) is 18.3 Å². The van der Waals surface area contributed by atoms with E-state index in [2.05, 4.69) is 0 Å². The first-order chi connectivity index (χ1) is 17.2.